The van der Waals surface area contributed by atoms with E-state index in [-0.39, 0.29) is 11.6 Å². The van der Waals surface area contributed by atoms with Crippen molar-refractivity contribution in [2.24, 2.45) is 4.99 Å². The summed E-state index contributed by atoms with van der Waals surface area (Å²) < 4.78 is 11.1. The lowest BCUT2D eigenvalue weighted by molar-refractivity contribution is -0.129. The average Bonchev–Trinajstić information content (AvgIpc) is 3.00. The Balaban J connectivity index is 1.88. The van der Waals surface area contributed by atoms with Crippen molar-refractivity contribution < 1.29 is 14.3 Å². The van der Waals surface area contributed by atoms with Crippen LogP contribution in [-0.2, 0) is 9.53 Å². The van der Waals surface area contributed by atoms with Crippen LogP contribution in [0.1, 0.15) is 30.9 Å². The Bertz CT molecular complexity index is 890. The second-order valence-corrected chi connectivity index (χ2v) is 6.52. The predicted molar refractivity (Wildman–Crippen MR) is 104 cm³/mol. The Morgan fingerprint density at radius 2 is 1.96 bits per heavy atom. The number of para-hydroxylation sites is 1. The molecule has 0 N–H and O–H groups in total. The van der Waals surface area contributed by atoms with Gasteiger partial charge < -0.3 is 9.47 Å². The van der Waals surface area contributed by atoms with E-state index in [2.05, 4.69) is 11.9 Å². The summed E-state index contributed by atoms with van der Waals surface area (Å²) in [6.07, 6.45) is 3.67. The zero-order valence-electron chi connectivity index (χ0n) is 14.2. The molecule has 0 radical (unpaired) electrons. The maximum Gasteiger partial charge on any atom is 0.363 e. The van der Waals surface area contributed by atoms with Crippen LogP contribution in [0.15, 0.2) is 53.2 Å². The maximum absolute atomic E-state index is 12.2. The van der Waals surface area contributed by atoms with Crippen LogP contribution in [0.5, 0.6) is 5.75 Å². The van der Waals surface area contributed by atoms with Gasteiger partial charge in [0, 0.05) is 11.1 Å². The highest BCUT2D eigenvalue weighted by molar-refractivity contribution is 6.42. The first-order valence-corrected chi connectivity index (χ1v) is 9.04. The zero-order chi connectivity index (χ0) is 18.5. The number of esters is 1. The van der Waals surface area contributed by atoms with Gasteiger partial charge in [0.05, 0.1) is 16.7 Å². The molecule has 0 unspecified atom stereocenters. The summed E-state index contributed by atoms with van der Waals surface area (Å²) in [4.78, 5) is 16.5. The fraction of sp³-hybridized carbons (Fsp3) is 0.200. The number of aliphatic imine (C=N–C) groups is 1. The monoisotopic (exact) mass is 389 g/mol. The van der Waals surface area contributed by atoms with Gasteiger partial charge in [0.25, 0.3) is 0 Å². The number of benzene rings is 2. The molecule has 0 aliphatic carbocycles. The van der Waals surface area contributed by atoms with Gasteiger partial charge in [-0.2, -0.15) is 0 Å². The van der Waals surface area contributed by atoms with Crippen molar-refractivity contribution in [1.82, 2.24) is 0 Å². The largest absolute Gasteiger partial charge is 0.493 e. The van der Waals surface area contributed by atoms with Crippen LogP contribution in [0.3, 0.4) is 0 Å². The Morgan fingerprint density at radius 3 is 2.73 bits per heavy atom. The van der Waals surface area contributed by atoms with Gasteiger partial charge in [-0.1, -0.05) is 54.7 Å². The van der Waals surface area contributed by atoms with Crippen molar-refractivity contribution in [3.63, 3.8) is 0 Å². The molecule has 0 saturated carbocycles. The Kier molecular flexibility index (Phi) is 5.96. The fourth-order valence-corrected chi connectivity index (χ4v) is 2.66. The van der Waals surface area contributed by atoms with Gasteiger partial charge in [-0.3, -0.25) is 0 Å². The van der Waals surface area contributed by atoms with Crippen molar-refractivity contribution in [2.45, 2.75) is 19.8 Å². The summed E-state index contributed by atoms with van der Waals surface area (Å²) in [6, 6.07) is 12.4. The maximum atomic E-state index is 12.2. The van der Waals surface area contributed by atoms with Crippen molar-refractivity contribution in [2.75, 3.05) is 6.61 Å². The number of unbranched alkanes of at least 4 members (excludes halogenated alkanes) is 1. The van der Waals surface area contributed by atoms with Gasteiger partial charge in [-0.15, -0.1) is 0 Å². The van der Waals surface area contributed by atoms with E-state index in [0.29, 0.717) is 28.0 Å². The minimum Gasteiger partial charge on any atom is -0.493 e. The van der Waals surface area contributed by atoms with Gasteiger partial charge in [-0.05, 0) is 36.8 Å². The van der Waals surface area contributed by atoms with Crippen molar-refractivity contribution in [3.05, 3.63) is 69.3 Å². The van der Waals surface area contributed by atoms with E-state index < -0.39 is 5.97 Å². The van der Waals surface area contributed by atoms with Crippen LogP contribution in [0.4, 0.5) is 0 Å². The van der Waals surface area contributed by atoms with E-state index in [1.807, 2.05) is 24.3 Å². The molecule has 1 aliphatic heterocycles. The molecule has 2 aromatic carbocycles. The average molecular weight is 390 g/mol. The van der Waals surface area contributed by atoms with Crippen LogP contribution >= 0.6 is 23.2 Å². The van der Waals surface area contributed by atoms with E-state index in [9.17, 15) is 4.79 Å². The van der Waals surface area contributed by atoms with Gasteiger partial charge in [0.1, 0.15) is 5.75 Å². The standard InChI is InChI=1S/C20H17Cl2NO3/c1-2-3-10-25-18-7-5-4-6-13(18)12-17-20(24)26-19(23-17)14-8-9-15(21)16(22)11-14/h4-9,11-12H,2-3,10H2,1H3/b17-12-. The number of carbonyl (C=O) groups excluding carboxylic acids is 1. The highest BCUT2D eigenvalue weighted by Crippen LogP contribution is 2.27. The third-order valence-corrected chi connectivity index (χ3v) is 4.49. The highest BCUT2D eigenvalue weighted by atomic mass is 35.5. The fourth-order valence-electron chi connectivity index (χ4n) is 2.37. The van der Waals surface area contributed by atoms with E-state index in [1.165, 1.54) is 0 Å². The molecule has 1 heterocycles. The number of carbonyl (C=O) groups is 1. The molecule has 0 fully saturated rings. The summed E-state index contributed by atoms with van der Waals surface area (Å²) in [5, 5.41) is 0.796. The molecule has 0 bridgehead atoms. The van der Waals surface area contributed by atoms with Crippen LogP contribution in [0, 0.1) is 0 Å². The van der Waals surface area contributed by atoms with Crippen molar-refractivity contribution >= 4 is 41.1 Å². The van der Waals surface area contributed by atoms with Gasteiger partial charge in [0.2, 0.25) is 5.90 Å². The topological polar surface area (TPSA) is 47.9 Å². The molecule has 0 aromatic heterocycles. The van der Waals surface area contributed by atoms with Crippen LogP contribution < -0.4 is 4.74 Å². The van der Waals surface area contributed by atoms with Gasteiger partial charge in [0.15, 0.2) is 5.70 Å². The Morgan fingerprint density at radius 1 is 1.15 bits per heavy atom. The highest BCUT2D eigenvalue weighted by Gasteiger charge is 2.25. The molecule has 0 atom stereocenters. The predicted octanol–water partition coefficient (Wildman–Crippen LogP) is 5.52. The number of halogens is 2. The molecule has 134 valence electrons. The van der Waals surface area contributed by atoms with Gasteiger partial charge in [-0.25, -0.2) is 9.79 Å². The number of hydrogen-bond donors (Lipinski definition) is 0. The van der Waals surface area contributed by atoms with E-state index >= 15 is 0 Å². The Labute approximate surface area is 162 Å². The molecule has 2 aromatic rings. The molecular formula is C20H17Cl2NO3. The summed E-state index contributed by atoms with van der Waals surface area (Å²) >= 11 is 11.9. The van der Waals surface area contributed by atoms with Crippen LogP contribution in [0.2, 0.25) is 10.0 Å². The third kappa shape index (κ3) is 4.26. The normalized spacial score (nSPS) is 15.1. The number of ether oxygens (including phenoxy) is 2. The first-order valence-electron chi connectivity index (χ1n) is 8.28. The number of cyclic esters (lactones) is 1. The summed E-state index contributed by atoms with van der Waals surface area (Å²) in [5.74, 6) is 0.387. The summed E-state index contributed by atoms with van der Waals surface area (Å²) in [5.41, 5.74) is 1.57. The first kappa shape index (κ1) is 18.5. The lowest BCUT2D eigenvalue weighted by Crippen LogP contribution is -2.05. The molecule has 6 heteroatoms. The van der Waals surface area contributed by atoms with E-state index in [1.54, 1.807) is 24.3 Å². The molecule has 0 spiro atoms. The number of nitrogens with zero attached hydrogens (tertiary/aromatic N) is 1. The second kappa shape index (κ2) is 8.39. The second-order valence-electron chi connectivity index (χ2n) is 5.70. The number of hydrogen-bond acceptors (Lipinski definition) is 4. The van der Waals surface area contributed by atoms with Crippen LogP contribution in [-0.4, -0.2) is 18.5 Å². The van der Waals surface area contributed by atoms with Gasteiger partial charge >= 0.3 is 5.97 Å². The quantitative estimate of drug-likeness (QED) is 0.371. The molecule has 26 heavy (non-hydrogen) atoms. The smallest absolute Gasteiger partial charge is 0.363 e. The number of rotatable bonds is 6. The van der Waals surface area contributed by atoms with E-state index in [0.717, 1.165) is 18.4 Å². The van der Waals surface area contributed by atoms with Crippen LogP contribution in [0.25, 0.3) is 6.08 Å². The lowest BCUT2D eigenvalue weighted by Gasteiger charge is -2.08. The van der Waals surface area contributed by atoms with E-state index in [4.69, 9.17) is 32.7 Å². The lowest BCUT2D eigenvalue weighted by atomic mass is 10.1. The molecule has 0 saturated heterocycles. The summed E-state index contributed by atoms with van der Waals surface area (Å²) in [7, 11) is 0. The zero-order valence-corrected chi connectivity index (χ0v) is 15.7. The molecule has 4 nitrogen and oxygen atoms in total. The minimum atomic E-state index is -0.519. The molecule has 1 aliphatic rings. The minimum absolute atomic E-state index is 0.198. The SMILES string of the molecule is CCCCOc1ccccc1/C=C1\N=C(c2ccc(Cl)c(Cl)c2)OC1=O. The molecule has 0 amide bonds. The first-order chi connectivity index (χ1) is 12.6. The molecule has 3 rings (SSSR count). The molecular weight excluding hydrogens is 373 g/mol. The third-order valence-electron chi connectivity index (χ3n) is 3.75. The Hall–Kier alpha value is -2.30. The van der Waals surface area contributed by atoms with Crippen molar-refractivity contribution in [1.29, 1.82) is 0 Å². The van der Waals surface area contributed by atoms with Crippen molar-refractivity contribution in [3.8, 4) is 5.75 Å². The summed E-state index contributed by atoms with van der Waals surface area (Å²) in [6.45, 7) is 2.73.